The lowest BCUT2D eigenvalue weighted by molar-refractivity contribution is -0.142. The maximum Gasteiger partial charge on any atom is 0.326 e. The van der Waals surface area contributed by atoms with Gasteiger partial charge in [-0.25, -0.2) is 9.78 Å². The molecule has 4 atom stereocenters. The van der Waals surface area contributed by atoms with Crippen LogP contribution in [0, 0.1) is 0 Å². The predicted molar refractivity (Wildman–Crippen MR) is 132 cm³/mol. The fourth-order valence-corrected chi connectivity index (χ4v) is 4.07. The largest absolute Gasteiger partial charge is 0.508 e. The molecule has 13 heteroatoms. The van der Waals surface area contributed by atoms with Gasteiger partial charge in [0.2, 0.25) is 17.7 Å². The van der Waals surface area contributed by atoms with Crippen LogP contribution < -0.4 is 21.3 Å². The summed E-state index contributed by atoms with van der Waals surface area (Å²) in [6.07, 6.45) is 4.41. The number of amides is 3. The van der Waals surface area contributed by atoms with E-state index in [2.05, 4.69) is 43.9 Å². The average Bonchev–Trinajstić information content (AvgIpc) is 3.57. The second-order valence-corrected chi connectivity index (χ2v) is 8.87. The molecule has 36 heavy (non-hydrogen) atoms. The number of hydrogen-bond acceptors (Lipinski definition) is 8. The van der Waals surface area contributed by atoms with Crippen LogP contribution in [0.15, 0.2) is 36.8 Å². The van der Waals surface area contributed by atoms with Crippen LogP contribution in [-0.2, 0) is 32.0 Å². The van der Waals surface area contributed by atoms with Crippen molar-refractivity contribution in [1.82, 2.24) is 31.2 Å². The number of benzene rings is 1. The van der Waals surface area contributed by atoms with Gasteiger partial charge in [-0.1, -0.05) is 12.1 Å². The highest BCUT2D eigenvalue weighted by molar-refractivity contribution is 7.80. The van der Waals surface area contributed by atoms with Gasteiger partial charge in [-0.15, -0.1) is 0 Å². The van der Waals surface area contributed by atoms with Crippen LogP contribution in [0.1, 0.15) is 24.1 Å². The number of H-pyrrole nitrogens is 1. The smallest absolute Gasteiger partial charge is 0.326 e. The molecule has 0 radical (unpaired) electrons. The van der Waals surface area contributed by atoms with E-state index >= 15 is 0 Å². The molecule has 1 aromatic heterocycles. The van der Waals surface area contributed by atoms with Gasteiger partial charge in [0.05, 0.1) is 12.4 Å². The van der Waals surface area contributed by atoms with Crippen molar-refractivity contribution in [2.75, 3.05) is 12.3 Å². The summed E-state index contributed by atoms with van der Waals surface area (Å²) in [6.45, 7) is 0.719. The Morgan fingerprint density at radius 1 is 1.03 bits per heavy atom. The summed E-state index contributed by atoms with van der Waals surface area (Å²) in [5, 5.41) is 29.9. The summed E-state index contributed by atoms with van der Waals surface area (Å²) >= 11 is 4.17. The van der Waals surface area contributed by atoms with Gasteiger partial charge in [0.1, 0.15) is 23.9 Å². The molecule has 12 nitrogen and oxygen atoms in total. The minimum Gasteiger partial charge on any atom is -0.508 e. The molecule has 0 bridgehead atoms. The van der Waals surface area contributed by atoms with Crippen molar-refractivity contribution in [3.8, 4) is 5.75 Å². The average molecular weight is 519 g/mol. The number of aromatic amines is 1. The quantitative estimate of drug-likeness (QED) is 0.166. The summed E-state index contributed by atoms with van der Waals surface area (Å²) in [6, 6.07) is 2.14. The molecule has 2 heterocycles. The summed E-state index contributed by atoms with van der Waals surface area (Å²) in [4.78, 5) is 57.1. The standard InChI is InChI=1S/C23H30N6O6S/c30-15-5-3-13(4-6-15)8-18(23(34)35)28-21(32)17(9-14-10-24-12-26-14)27-22(33)19(11-36)29-20(31)16-2-1-7-25-16/h3-6,10,12,16-19,25,30,36H,1-2,7-9,11H2,(H,24,26)(H,27,33)(H,28,32)(H,29,31)(H,34,35). The number of aromatic hydroxyl groups is 1. The summed E-state index contributed by atoms with van der Waals surface area (Å²) in [5.74, 6) is -2.89. The van der Waals surface area contributed by atoms with Gasteiger partial charge in [-0.05, 0) is 37.1 Å². The van der Waals surface area contributed by atoms with E-state index in [0.717, 1.165) is 13.0 Å². The molecule has 0 saturated carbocycles. The molecule has 2 aromatic rings. The third-order valence-corrected chi connectivity index (χ3v) is 6.16. The molecule has 3 rings (SSSR count). The minimum atomic E-state index is -1.28. The Morgan fingerprint density at radius 2 is 1.72 bits per heavy atom. The van der Waals surface area contributed by atoms with E-state index in [-0.39, 0.29) is 36.3 Å². The number of carboxylic acids is 1. The Bertz CT molecular complexity index is 1040. The maximum atomic E-state index is 13.1. The molecule has 1 fully saturated rings. The van der Waals surface area contributed by atoms with Crippen molar-refractivity contribution < 1.29 is 29.4 Å². The Labute approximate surface area is 213 Å². The zero-order valence-electron chi connectivity index (χ0n) is 19.4. The van der Waals surface area contributed by atoms with Crippen LogP contribution in [0.5, 0.6) is 5.75 Å². The van der Waals surface area contributed by atoms with Crippen molar-refractivity contribution >= 4 is 36.3 Å². The van der Waals surface area contributed by atoms with Gasteiger partial charge < -0.3 is 36.5 Å². The maximum absolute atomic E-state index is 13.1. The highest BCUT2D eigenvalue weighted by atomic mass is 32.1. The number of thiol groups is 1. The summed E-state index contributed by atoms with van der Waals surface area (Å²) in [7, 11) is 0. The number of carbonyl (C=O) groups excluding carboxylic acids is 3. The van der Waals surface area contributed by atoms with Crippen LogP contribution in [0.3, 0.4) is 0 Å². The molecule has 1 aliphatic heterocycles. The fourth-order valence-electron chi connectivity index (χ4n) is 3.81. The number of phenols is 1. The third kappa shape index (κ3) is 7.71. The zero-order valence-corrected chi connectivity index (χ0v) is 20.3. The Hall–Kier alpha value is -3.58. The molecule has 0 spiro atoms. The van der Waals surface area contributed by atoms with Crippen LogP contribution in [0.2, 0.25) is 0 Å². The first-order chi connectivity index (χ1) is 17.3. The summed E-state index contributed by atoms with van der Waals surface area (Å²) < 4.78 is 0. The van der Waals surface area contributed by atoms with E-state index in [1.54, 1.807) is 12.1 Å². The number of nitrogens with one attached hydrogen (secondary N) is 5. The van der Waals surface area contributed by atoms with E-state index in [9.17, 15) is 29.4 Å². The summed E-state index contributed by atoms with van der Waals surface area (Å²) in [5.41, 5.74) is 1.13. The lowest BCUT2D eigenvalue weighted by Crippen LogP contribution is -2.58. The number of carbonyl (C=O) groups is 4. The van der Waals surface area contributed by atoms with Crippen molar-refractivity contribution in [1.29, 1.82) is 0 Å². The predicted octanol–water partition coefficient (Wildman–Crippen LogP) is -0.879. The first kappa shape index (κ1) is 27.0. The fraction of sp³-hybridized carbons (Fsp3) is 0.435. The second-order valence-electron chi connectivity index (χ2n) is 8.50. The van der Waals surface area contributed by atoms with E-state index in [1.165, 1.54) is 24.7 Å². The van der Waals surface area contributed by atoms with Gasteiger partial charge in [0, 0.05) is 30.5 Å². The first-order valence-corrected chi connectivity index (χ1v) is 12.1. The number of aromatic nitrogens is 2. The SMILES string of the molecule is O=C(O)C(Cc1ccc(O)cc1)NC(=O)C(Cc1cnc[nH]1)NC(=O)C(CS)NC(=O)C1CCCN1. The number of imidazole rings is 1. The lowest BCUT2D eigenvalue weighted by Gasteiger charge is -2.24. The number of rotatable bonds is 12. The van der Waals surface area contributed by atoms with Gasteiger partial charge in [-0.2, -0.15) is 12.6 Å². The molecule has 3 amide bonds. The first-order valence-electron chi connectivity index (χ1n) is 11.5. The van der Waals surface area contributed by atoms with E-state index in [0.29, 0.717) is 17.7 Å². The highest BCUT2D eigenvalue weighted by Crippen LogP contribution is 2.12. The molecule has 1 aliphatic rings. The second kappa shape index (κ2) is 12.9. The molecule has 4 unspecified atom stereocenters. The van der Waals surface area contributed by atoms with Crippen LogP contribution in [0.4, 0.5) is 0 Å². The normalized spacial score (nSPS) is 17.5. The number of nitrogens with zero attached hydrogens (tertiary/aromatic N) is 1. The molecular weight excluding hydrogens is 488 g/mol. The highest BCUT2D eigenvalue weighted by Gasteiger charge is 2.31. The van der Waals surface area contributed by atoms with Gasteiger partial charge >= 0.3 is 5.97 Å². The van der Waals surface area contributed by atoms with Crippen LogP contribution in [0.25, 0.3) is 0 Å². The minimum absolute atomic E-state index is 0.00128. The number of aliphatic carboxylic acids is 1. The molecule has 1 saturated heterocycles. The van der Waals surface area contributed by atoms with Crippen LogP contribution in [-0.4, -0.2) is 80.3 Å². The third-order valence-electron chi connectivity index (χ3n) is 5.79. The zero-order chi connectivity index (χ0) is 26.1. The lowest BCUT2D eigenvalue weighted by atomic mass is 10.0. The van der Waals surface area contributed by atoms with Crippen molar-refractivity contribution in [2.24, 2.45) is 0 Å². The van der Waals surface area contributed by atoms with Crippen molar-refractivity contribution in [3.05, 3.63) is 48.0 Å². The van der Waals surface area contributed by atoms with Crippen molar-refractivity contribution in [2.45, 2.75) is 49.9 Å². The molecular formula is C23H30N6O6S. The number of hydrogen-bond donors (Lipinski definition) is 8. The Kier molecular flexibility index (Phi) is 9.70. The monoisotopic (exact) mass is 518 g/mol. The molecule has 194 valence electrons. The van der Waals surface area contributed by atoms with Gasteiger partial charge in [0.25, 0.3) is 0 Å². The van der Waals surface area contributed by atoms with Gasteiger partial charge in [0.15, 0.2) is 0 Å². The van der Waals surface area contributed by atoms with E-state index < -0.39 is 35.9 Å². The van der Waals surface area contributed by atoms with Crippen LogP contribution >= 0.6 is 12.6 Å². The van der Waals surface area contributed by atoms with E-state index in [4.69, 9.17) is 0 Å². The van der Waals surface area contributed by atoms with E-state index in [1.807, 2.05) is 0 Å². The molecule has 0 aliphatic carbocycles. The Morgan fingerprint density at radius 3 is 2.31 bits per heavy atom. The number of phenolic OH excluding ortho intramolecular Hbond substituents is 1. The topological polar surface area (TPSA) is 186 Å². The molecule has 7 N–H and O–H groups in total. The Balaban J connectivity index is 1.69. The van der Waals surface area contributed by atoms with Crippen molar-refractivity contribution in [3.63, 3.8) is 0 Å². The van der Waals surface area contributed by atoms with Gasteiger partial charge in [-0.3, -0.25) is 14.4 Å². The number of carboxylic acid groups (broad SMARTS) is 1. The molecule has 1 aromatic carbocycles.